The Morgan fingerprint density at radius 1 is 1.05 bits per heavy atom. The van der Waals surface area contributed by atoms with Crippen LogP contribution in [0.1, 0.15) is 35.5 Å². The Kier molecular flexibility index (Phi) is 7.31. The van der Waals surface area contributed by atoms with Crippen LogP contribution in [0.3, 0.4) is 0 Å². The third kappa shape index (κ3) is 5.28. The number of amides is 1. The van der Waals surface area contributed by atoms with Crippen LogP contribution in [0.25, 0.3) is 0 Å². The van der Waals surface area contributed by atoms with E-state index in [1.165, 1.54) is 0 Å². The molecule has 3 heterocycles. The molecule has 1 amide bonds. The van der Waals surface area contributed by atoms with Crippen LogP contribution in [0.15, 0.2) is 41.3 Å². The summed E-state index contributed by atoms with van der Waals surface area (Å²) in [5, 5.41) is 13.2. The van der Waals surface area contributed by atoms with Gasteiger partial charge in [-0.3, -0.25) is 9.89 Å². The molecule has 0 atom stereocenters. The molecule has 3 N–H and O–H groups in total. The molecule has 0 spiro atoms. The molecule has 1 fully saturated rings. The van der Waals surface area contributed by atoms with E-state index in [4.69, 9.17) is 0 Å². The number of carbonyl (C=O) groups excluding carboxylic acids is 1. The van der Waals surface area contributed by atoms with Crippen molar-refractivity contribution in [2.24, 2.45) is 0 Å². The summed E-state index contributed by atoms with van der Waals surface area (Å²) in [5.41, 5.74) is 2.53. The van der Waals surface area contributed by atoms with E-state index in [1.54, 1.807) is 13.1 Å². The van der Waals surface area contributed by atoms with E-state index in [0.29, 0.717) is 28.6 Å². The molecule has 2 aromatic carbocycles. The van der Waals surface area contributed by atoms with Crippen molar-refractivity contribution in [2.45, 2.75) is 30.7 Å². The summed E-state index contributed by atoms with van der Waals surface area (Å²) in [5.74, 6) is -2.17. The Hall–Kier alpha value is -3.55. The number of sulfonamides is 1. The average molecular weight is 574 g/mol. The highest BCUT2D eigenvalue weighted by Gasteiger charge is 2.41. The molecular formula is C27H33F2N7O3S. The maximum Gasteiger partial charge on any atom is 0.258 e. The van der Waals surface area contributed by atoms with Gasteiger partial charge in [0.05, 0.1) is 10.5 Å². The Morgan fingerprint density at radius 3 is 2.38 bits per heavy atom. The molecule has 0 bridgehead atoms. The fourth-order valence-electron chi connectivity index (χ4n) is 5.30. The van der Waals surface area contributed by atoms with Gasteiger partial charge in [-0.2, -0.15) is 9.40 Å². The Morgan fingerprint density at radius 2 is 1.73 bits per heavy atom. The van der Waals surface area contributed by atoms with Crippen LogP contribution in [0, 0.1) is 11.6 Å². The monoisotopic (exact) mass is 573 g/mol. The zero-order valence-corrected chi connectivity index (χ0v) is 23.7. The standard InChI is InChI=1S/C27H33F2N7O3S/c1-27(2)16-36(40(38,39)20-12-17(28)11-18(29)13-20)15-22-24(27)32-33-25(22)31-26(37)21-6-5-19(14-23(21)30-3)35-9-7-34(4)8-10-35/h5-6,11-14,30H,7-10,15-16H2,1-4H3,(H2,31,32,33,37). The van der Waals surface area contributed by atoms with Gasteiger partial charge in [0, 0.05) is 80.4 Å². The van der Waals surface area contributed by atoms with Crippen molar-refractivity contribution in [3.8, 4) is 0 Å². The lowest BCUT2D eigenvalue weighted by atomic mass is 9.84. The van der Waals surface area contributed by atoms with Crippen molar-refractivity contribution >= 4 is 33.1 Å². The van der Waals surface area contributed by atoms with E-state index in [2.05, 4.69) is 37.7 Å². The SMILES string of the molecule is CNc1cc(N2CCN(C)CC2)ccc1C(=O)Nc1n[nH]c2c1CN(S(=O)(=O)c1cc(F)cc(F)c1)CC2(C)C. The van der Waals surface area contributed by atoms with Gasteiger partial charge >= 0.3 is 0 Å². The second kappa shape index (κ2) is 10.5. The number of hydrogen-bond donors (Lipinski definition) is 3. The lowest BCUT2D eigenvalue weighted by Gasteiger charge is -2.36. The first kappa shape index (κ1) is 28.0. The molecule has 13 heteroatoms. The fraction of sp³-hybridized carbons (Fsp3) is 0.407. The number of anilines is 3. The van der Waals surface area contributed by atoms with Crippen molar-refractivity contribution in [1.82, 2.24) is 19.4 Å². The van der Waals surface area contributed by atoms with Crippen molar-refractivity contribution in [3.63, 3.8) is 0 Å². The number of fused-ring (bicyclic) bond motifs is 1. The van der Waals surface area contributed by atoms with E-state index >= 15 is 0 Å². The Labute approximate surface area is 232 Å². The van der Waals surface area contributed by atoms with Crippen LogP contribution >= 0.6 is 0 Å². The second-order valence-electron chi connectivity index (χ2n) is 10.9. The summed E-state index contributed by atoms with van der Waals surface area (Å²) in [6.07, 6.45) is 0. The van der Waals surface area contributed by atoms with E-state index in [0.717, 1.165) is 48.3 Å². The highest BCUT2D eigenvalue weighted by Crippen LogP contribution is 2.38. The fourth-order valence-corrected chi connectivity index (χ4v) is 6.92. The first-order valence-electron chi connectivity index (χ1n) is 13.0. The minimum Gasteiger partial charge on any atom is -0.387 e. The van der Waals surface area contributed by atoms with Crippen LogP contribution in [-0.2, 0) is 22.0 Å². The zero-order chi connectivity index (χ0) is 28.8. The van der Waals surface area contributed by atoms with E-state index < -0.39 is 37.9 Å². The van der Waals surface area contributed by atoms with E-state index in [-0.39, 0.29) is 18.9 Å². The van der Waals surface area contributed by atoms with Gasteiger partial charge in [0.15, 0.2) is 5.82 Å². The predicted molar refractivity (Wildman–Crippen MR) is 149 cm³/mol. The van der Waals surface area contributed by atoms with Gasteiger partial charge < -0.3 is 20.4 Å². The number of carbonyl (C=O) groups is 1. The van der Waals surface area contributed by atoms with Crippen LogP contribution in [-0.4, -0.2) is 80.5 Å². The van der Waals surface area contributed by atoms with Crippen molar-refractivity contribution in [2.75, 3.05) is 62.4 Å². The van der Waals surface area contributed by atoms with Crippen LogP contribution in [0.5, 0.6) is 0 Å². The number of H-pyrrole nitrogens is 1. The average Bonchev–Trinajstić information content (AvgIpc) is 3.31. The number of hydrogen-bond acceptors (Lipinski definition) is 7. The Balaban J connectivity index is 1.41. The minimum absolute atomic E-state index is 0.0493. The molecule has 5 rings (SSSR count). The summed E-state index contributed by atoms with van der Waals surface area (Å²) in [6, 6.07) is 7.83. The number of halogens is 2. The Bertz CT molecular complexity index is 1530. The van der Waals surface area contributed by atoms with Crippen LogP contribution in [0.4, 0.5) is 26.0 Å². The summed E-state index contributed by atoms with van der Waals surface area (Å²) in [6.45, 7) is 7.28. The lowest BCUT2D eigenvalue weighted by Crippen LogP contribution is -2.45. The topological polar surface area (TPSA) is 114 Å². The highest BCUT2D eigenvalue weighted by atomic mass is 32.2. The number of nitrogens with zero attached hydrogens (tertiary/aromatic N) is 4. The van der Waals surface area contributed by atoms with Crippen LogP contribution < -0.4 is 15.5 Å². The third-order valence-corrected chi connectivity index (χ3v) is 9.31. The number of nitrogens with one attached hydrogen (secondary N) is 3. The number of benzene rings is 2. The van der Waals surface area contributed by atoms with Crippen molar-refractivity contribution in [1.29, 1.82) is 0 Å². The third-order valence-electron chi connectivity index (χ3n) is 7.54. The molecule has 1 saturated heterocycles. The molecule has 0 saturated carbocycles. The first-order chi connectivity index (χ1) is 18.9. The van der Waals surface area contributed by atoms with E-state index in [9.17, 15) is 22.0 Å². The van der Waals surface area contributed by atoms with Gasteiger partial charge in [0.25, 0.3) is 5.91 Å². The number of rotatable bonds is 6. The highest BCUT2D eigenvalue weighted by molar-refractivity contribution is 7.89. The molecule has 0 radical (unpaired) electrons. The molecular weight excluding hydrogens is 540 g/mol. The maximum atomic E-state index is 13.8. The molecule has 2 aliphatic heterocycles. The number of aromatic amines is 1. The summed E-state index contributed by atoms with van der Waals surface area (Å²) in [4.78, 5) is 17.5. The van der Waals surface area contributed by atoms with Crippen LogP contribution in [0.2, 0.25) is 0 Å². The molecule has 214 valence electrons. The molecule has 0 aliphatic carbocycles. The van der Waals surface area contributed by atoms with Gasteiger partial charge in [-0.05, 0) is 37.4 Å². The van der Waals surface area contributed by atoms with Gasteiger partial charge in [-0.25, -0.2) is 17.2 Å². The predicted octanol–water partition coefficient (Wildman–Crippen LogP) is 3.22. The molecule has 10 nitrogen and oxygen atoms in total. The number of piperazine rings is 1. The first-order valence-corrected chi connectivity index (χ1v) is 14.4. The summed E-state index contributed by atoms with van der Waals surface area (Å²) in [7, 11) is -0.406. The van der Waals surface area contributed by atoms with Crippen molar-refractivity contribution in [3.05, 3.63) is 64.9 Å². The minimum atomic E-state index is -4.24. The molecule has 40 heavy (non-hydrogen) atoms. The largest absolute Gasteiger partial charge is 0.387 e. The normalized spacial score (nSPS) is 17.9. The second-order valence-corrected chi connectivity index (χ2v) is 12.9. The number of aromatic nitrogens is 2. The quantitative estimate of drug-likeness (QED) is 0.415. The van der Waals surface area contributed by atoms with Gasteiger partial charge in [0.2, 0.25) is 10.0 Å². The zero-order valence-electron chi connectivity index (χ0n) is 22.9. The summed E-state index contributed by atoms with van der Waals surface area (Å²) < 4.78 is 55.6. The smallest absolute Gasteiger partial charge is 0.258 e. The number of likely N-dealkylation sites (N-methyl/N-ethyl adjacent to an activating group) is 1. The lowest BCUT2D eigenvalue weighted by molar-refractivity contribution is 0.102. The summed E-state index contributed by atoms with van der Waals surface area (Å²) >= 11 is 0. The van der Waals surface area contributed by atoms with Crippen molar-refractivity contribution < 1.29 is 22.0 Å². The van der Waals surface area contributed by atoms with Gasteiger partial charge in [-0.1, -0.05) is 13.8 Å². The molecule has 1 aromatic heterocycles. The molecule has 0 unspecified atom stereocenters. The van der Waals surface area contributed by atoms with Gasteiger partial charge in [-0.15, -0.1) is 0 Å². The molecule has 3 aromatic rings. The van der Waals surface area contributed by atoms with Gasteiger partial charge in [0.1, 0.15) is 11.6 Å². The molecule has 2 aliphatic rings. The maximum absolute atomic E-state index is 13.8. The van der Waals surface area contributed by atoms with E-state index in [1.807, 2.05) is 26.0 Å².